The van der Waals surface area contributed by atoms with Gasteiger partial charge in [0.15, 0.2) is 11.4 Å². The van der Waals surface area contributed by atoms with Gasteiger partial charge in [-0.25, -0.2) is 4.79 Å². The average Bonchev–Trinajstić information content (AvgIpc) is 2.76. The normalized spacial score (nSPS) is 11.0. The van der Waals surface area contributed by atoms with Crippen molar-refractivity contribution in [3.05, 3.63) is 68.6 Å². The summed E-state index contributed by atoms with van der Waals surface area (Å²) in [6.45, 7) is 0. The third-order valence-corrected chi connectivity index (χ3v) is 3.92. The Morgan fingerprint density at radius 3 is 2.62 bits per heavy atom. The third kappa shape index (κ3) is 2.69. The van der Waals surface area contributed by atoms with Gasteiger partial charge in [0, 0.05) is 23.5 Å². The summed E-state index contributed by atoms with van der Waals surface area (Å²) in [5.74, 6) is -0.437. The SMILES string of the molecule is Cn1c(=O)oc2cc(C(=O)Cc3ccc(Br)cc3)ccc21. The fourth-order valence-corrected chi connectivity index (χ4v) is 2.46. The van der Waals surface area contributed by atoms with Crippen LogP contribution in [-0.2, 0) is 13.5 Å². The number of halogens is 1. The zero-order chi connectivity index (χ0) is 15.0. The molecule has 0 saturated heterocycles. The van der Waals surface area contributed by atoms with Crippen molar-refractivity contribution in [2.24, 2.45) is 7.05 Å². The second kappa shape index (κ2) is 5.33. The van der Waals surface area contributed by atoms with Gasteiger partial charge < -0.3 is 4.42 Å². The molecular weight excluding hydrogens is 334 g/mol. The first kappa shape index (κ1) is 13.8. The molecule has 0 bridgehead atoms. The van der Waals surface area contributed by atoms with Crippen LogP contribution < -0.4 is 5.76 Å². The van der Waals surface area contributed by atoms with Crippen LogP contribution in [0.4, 0.5) is 0 Å². The zero-order valence-electron chi connectivity index (χ0n) is 11.3. The van der Waals surface area contributed by atoms with Crippen molar-refractivity contribution in [2.45, 2.75) is 6.42 Å². The molecule has 21 heavy (non-hydrogen) atoms. The summed E-state index contributed by atoms with van der Waals surface area (Å²) >= 11 is 3.36. The topological polar surface area (TPSA) is 52.2 Å². The fraction of sp³-hybridized carbons (Fsp3) is 0.125. The Kier molecular flexibility index (Phi) is 3.51. The number of rotatable bonds is 3. The van der Waals surface area contributed by atoms with E-state index in [-0.39, 0.29) is 5.78 Å². The van der Waals surface area contributed by atoms with E-state index >= 15 is 0 Å². The van der Waals surface area contributed by atoms with Gasteiger partial charge in [0.25, 0.3) is 0 Å². The van der Waals surface area contributed by atoms with Crippen molar-refractivity contribution in [1.29, 1.82) is 0 Å². The standard InChI is InChI=1S/C16H12BrNO3/c1-18-13-7-4-11(9-15(13)21-16(18)20)14(19)8-10-2-5-12(17)6-3-10/h2-7,9H,8H2,1H3. The first-order valence-electron chi connectivity index (χ1n) is 6.42. The lowest BCUT2D eigenvalue weighted by Crippen LogP contribution is -2.08. The van der Waals surface area contributed by atoms with Crippen LogP contribution in [0.1, 0.15) is 15.9 Å². The maximum Gasteiger partial charge on any atom is 0.419 e. The second-order valence-corrected chi connectivity index (χ2v) is 5.75. The van der Waals surface area contributed by atoms with Crippen molar-refractivity contribution in [3.8, 4) is 0 Å². The number of ketones is 1. The molecule has 0 unspecified atom stereocenters. The molecule has 3 aromatic rings. The molecule has 106 valence electrons. The van der Waals surface area contributed by atoms with Crippen LogP contribution in [0.3, 0.4) is 0 Å². The zero-order valence-corrected chi connectivity index (χ0v) is 12.9. The molecular formula is C16H12BrNO3. The minimum Gasteiger partial charge on any atom is -0.408 e. The van der Waals surface area contributed by atoms with Crippen LogP contribution in [0.25, 0.3) is 11.1 Å². The highest BCUT2D eigenvalue weighted by Crippen LogP contribution is 2.17. The van der Waals surface area contributed by atoms with E-state index < -0.39 is 5.76 Å². The Morgan fingerprint density at radius 2 is 1.90 bits per heavy atom. The van der Waals surface area contributed by atoms with Crippen molar-refractivity contribution in [1.82, 2.24) is 4.57 Å². The number of benzene rings is 2. The van der Waals surface area contributed by atoms with E-state index in [1.807, 2.05) is 24.3 Å². The smallest absolute Gasteiger partial charge is 0.408 e. The molecule has 0 aliphatic carbocycles. The highest BCUT2D eigenvalue weighted by Gasteiger charge is 2.11. The molecule has 0 N–H and O–H groups in total. The number of carbonyl (C=O) groups excluding carboxylic acids is 1. The van der Waals surface area contributed by atoms with Crippen molar-refractivity contribution >= 4 is 32.8 Å². The molecule has 0 aliphatic heterocycles. The molecule has 3 rings (SSSR count). The Labute approximate surface area is 129 Å². The van der Waals surface area contributed by atoms with Gasteiger partial charge in [-0.1, -0.05) is 28.1 Å². The number of aromatic nitrogens is 1. The monoisotopic (exact) mass is 345 g/mol. The number of nitrogens with zero attached hydrogens (tertiary/aromatic N) is 1. The quantitative estimate of drug-likeness (QED) is 0.684. The van der Waals surface area contributed by atoms with Gasteiger partial charge in [0.05, 0.1) is 5.52 Å². The molecule has 0 spiro atoms. The van der Waals surface area contributed by atoms with Crippen molar-refractivity contribution < 1.29 is 9.21 Å². The largest absolute Gasteiger partial charge is 0.419 e. The van der Waals surface area contributed by atoms with E-state index in [0.29, 0.717) is 23.1 Å². The van der Waals surface area contributed by atoms with Gasteiger partial charge in [-0.05, 0) is 35.9 Å². The maximum atomic E-state index is 12.3. The van der Waals surface area contributed by atoms with E-state index in [1.165, 1.54) is 4.57 Å². The third-order valence-electron chi connectivity index (χ3n) is 3.39. The fourth-order valence-electron chi connectivity index (χ4n) is 2.20. The molecule has 0 saturated carbocycles. The Hall–Kier alpha value is -2.14. The number of carbonyl (C=O) groups is 1. The van der Waals surface area contributed by atoms with Crippen LogP contribution in [0.15, 0.2) is 56.1 Å². The van der Waals surface area contributed by atoms with E-state index in [4.69, 9.17) is 4.42 Å². The van der Waals surface area contributed by atoms with Crippen molar-refractivity contribution in [2.75, 3.05) is 0 Å². The minimum absolute atomic E-state index is 0.00859. The maximum absolute atomic E-state index is 12.3. The molecule has 0 aliphatic rings. The Balaban J connectivity index is 1.91. The van der Waals surface area contributed by atoms with Gasteiger partial charge in [-0.15, -0.1) is 0 Å². The van der Waals surface area contributed by atoms with Crippen LogP contribution in [-0.4, -0.2) is 10.4 Å². The molecule has 2 aromatic carbocycles. The average molecular weight is 346 g/mol. The van der Waals surface area contributed by atoms with Crippen molar-refractivity contribution in [3.63, 3.8) is 0 Å². The van der Waals surface area contributed by atoms with Gasteiger partial charge >= 0.3 is 5.76 Å². The summed E-state index contributed by atoms with van der Waals surface area (Å²) in [4.78, 5) is 23.7. The lowest BCUT2D eigenvalue weighted by atomic mass is 10.0. The molecule has 5 heteroatoms. The minimum atomic E-state index is -0.428. The first-order chi connectivity index (χ1) is 10.0. The van der Waals surface area contributed by atoms with Crippen LogP contribution in [0.2, 0.25) is 0 Å². The predicted octanol–water partition coefficient (Wildman–Crippen LogP) is 3.32. The summed E-state index contributed by atoms with van der Waals surface area (Å²) in [6, 6.07) is 12.7. The van der Waals surface area contributed by atoms with Crippen LogP contribution in [0, 0.1) is 0 Å². The second-order valence-electron chi connectivity index (χ2n) is 4.84. The summed E-state index contributed by atoms with van der Waals surface area (Å²) in [5.41, 5.74) is 2.60. The van der Waals surface area contributed by atoms with Crippen LogP contribution in [0.5, 0.6) is 0 Å². The summed E-state index contributed by atoms with van der Waals surface area (Å²) in [6.07, 6.45) is 0.315. The molecule has 0 atom stereocenters. The Morgan fingerprint density at radius 1 is 1.19 bits per heavy atom. The first-order valence-corrected chi connectivity index (χ1v) is 7.21. The molecule has 0 fully saturated rings. The highest BCUT2D eigenvalue weighted by molar-refractivity contribution is 9.10. The number of aryl methyl sites for hydroxylation is 1. The van der Waals surface area contributed by atoms with E-state index in [0.717, 1.165) is 10.0 Å². The van der Waals surface area contributed by atoms with Gasteiger partial charge in [-0.2, -0.15) is 0 Å². The molecule has 1 aromatic heterocycles. The molecule has 4 nitrogen and oxygen atoms in total. The van der Waals surface area contributed by atoms with Gasteiger partial charge in [0.1, 0.15) is 0 Å². The number of fused-ring (bicyclic) bond motifs is 1. The lowest BCUT2D eigenvalue weighted by molar-refractivity contribution is 0.0993. The van der Waals surface area contributed by atoms with E-state index in [2.05, 4.69) is 15.9 Å². The Bertz CT molecular complexity index is 875. The number of Topliss-reactive ketones (excluding diaryl/α,β-unsaturated/α-hetero) is 1. The van der Waals surface area contributed by atoms with E-state index in [9.17, 15) is 9.59 Å². The molecule has 0 radical (unpaired) electrons. The van der Waals surface area contributed by atoms with Gasteiger partial charge in [0.2, 0.25) is 0 Å². The van der Waals surface area contributed by atoms with Crippen LogP contribution >= 0.6 is 15.9 Å². The summed E-state index contributed by atoms with van der Waals surface area (Å²) in [5, 5.41) is 0. The summed E-state index contributed by atoms with van der Waals surface area (Å²) in [7, 11) is 1.64. The number of oxazole rings is 1. The lowest BCUT2D eigenvalue weighted by Gasteiger charge is -2.02. The molecule has 1 heterocycles. The van der Waals surface area contributed by atoms with E-state index in [1.54, 1.807) is 25.2 Å². The number of hydrogen-bond donors (Lipinski definition) is 0. The summed E-state index contributed by atoms with van der Waals surface area (Å²) < 4.78 is 7.50. The van der Waals surface area contributed by atoms with Gasteiger partial charge in [-0.3, -0.25) is 9.36 Å². The highest BCUT2D eigenvalue weighted by atomic mass is 79.9. The molecule has 0 amide bonds. The predicted molar refractivity (Wildman–Crippen MR) is 83.6 cm³/mol. The number of hydrogen-bond acceptors (Lipinski definition) is 3.